The van der Waals surface area contributed by atoms with Gasteiger partial charge in [0, 0.05) is 23.1 Å². The SMILES string of the molecule is COc1ccc(CCNC(=O)c2c(C)[nH]c3ccccc23)cc1OC(F)F. The summed E-state index contributed by atoms with van der Waals surface area (Å²) in [4.78, 5) is 15.8. The highest BCUT2D eigenvalue weighted by molar-refractivity contribution is 6.08. The highest BCUT2D eigenvalue weighted by Gasteiger charge is 2.16. The molecule has 0 bridgehead atoms. The average Bonchev–Trinajstić information content (AvgIpc) is 2.97. The lowest BCUT2D eigenvalue weighted by molar-refractivity contribution is -0.0512. The van der Waals surface area contributed by atoms with Crippen molar-refractivity contribution in [3.63, 3.8) is 0 Å². The molecule has 1 heterocycles. The van der Waals surface area contributed by atoms with Gasteiger partial charge in [0.25, 0.3) is 5.91 Å². The number of aromatic nitrogens is 1. The number of benzene rings is 2. The smallest absolute Gasteiger partial charge is 0.387 e. The van der Waals surface area contributed by atoms with Crippen LogP contribution in [0, 0.1) is 6.92 Å². The number of ether oxygens (including phenoxy) is 2. The maximum absolute atomic E-state index is 12.6. The molecule has 0 fully saturated rings. The van der Waals surface area contributed by atoms with Gasteiger partial charge in [0.1, 0.15) is 0 Å². The van der Waals surface area contributed by atoms with Crippen LogP contribution >= 0.6 is 0 Å². The molecule has 3 aromatic rings. The molecule has 0 spiro atoms. The number of aryl methyl sites for hydroxylation is 1. The lowest BCUT2D eigenvalue weighted by Crippen LogP contribution is -2.26. The van der Waals surface area contributed by atoms with E-state index in [0.717, 1.165) is 22.2 Å². The molecule has 1 aromatic heterocycles. The van der Waals surface area contributed by atoms with E-state index in [1.54, 1.807) is 12.1 Å². The van der Waals surface area contributed by atoms with Gasteiger partial charge in [-0.2, -0.15) is 8.78 Å². The molecule has 27 heavy (non-hydrogen) atoms. The number of carbonyl (C=O) groups is 1. The molecule has 0 radical (unpaired) electrons. The van der Waals surface area contributed by atoms with Crippen molar-refractivity contribution in [1.82, 2.24) is 10.3 Å². The van der Waals surface area contributed by atoms with E-state index >= 15 is 0 Å². The normalized spacial score (nSPS) is 11.0. The number of alkyl halides is 2. The molecule has 0 saturated carbocycles. The Bertz CT molecular complexity index is 954. The van der Waals surface area contributed by atoms with Gasteiger partial charge in [-0.3, -0.25) is 4.79 Å². The van der Waals surface area contributed by atoms with Gasteiger partial charge >= 0.3 is 6.61 Å². The summed E-state index contributed by atoms with van der Waals surface area (Å²) in [5, 5.41) is 3.74. The molecule has 2 N–H and O–H groups in total. The summed E-state index contributed by atoms with van der Waals surface area (Å²) >= 11 is 0. The van der Waals surface area contributed by atoms with Crippen molar-refractivity contribution in [1.29, 1.82) is 0 Å². The van der Waals surface area contributed by atoms with Crippen LogP contribution in [-0.2, 0) is 6.42 Å². The van der Waals surface area contributed by atoms with Gasteiger partial charge in [-0.05, 0) is 37.1 Å². The van der Waals surface area contributed by atoms with Crippen LogP contribution in [0.1, 0.15) is 21.6 Å². The number of carbonyl (C=O) groups excluding carboxylic acids is 1. The van der Waals surface area contributed by atoms with E-state index in [4.69, 9.17) is 4.74 Å². The van der Waals surface area contributed by atoms with E-state index in [9.17, 15) is 13.6 Å². The van der Waals surface area contributed by atoms with Gasteiger partial charge in [0.05, 0.1) is 12.7 Å². The Morgan fingerprint density at radius 3 is 2.70 bits per heavy atom. The predicted octanol–water partition coefficient (Wildman–Crippen LogP) is 4.06. The zero-order valence-electron chi connectivity index (χ0n) is 15.0. The molecule has 0 saturated heterocycles. The minimum Gasteiger partial charge on any atom is -0.493 e. The van der Waals surface area contributed by atoms with E-state index in [0.29, 0.717) is 18.5 Å². The van der Waals surface area contributed by atoms with Crippen molar-refractivity contribution in [3.05, 3.63) is 59.3 Å². The number of methoxy groups -OCH3 is 1. The van der Waals surface area contributed by atoms with Crippen LogP contribution in [-0.4, -0.2) is 31.2 Å². The van der Waals surface area contributed by atoms with E-state index in [1.165, 1.54) is 13.2 Å². The van der Waals surface area contributed by atoms with Gasteiger partial charge in [-0.15, -0.1) is 0 Å². The van der Waals surface area contributed by atoms with E-state index in [2.05, 4.69) is 15.0 Å². The molecule has 7 heteroatoms. The Balaban J connectivity index is 1.67. The number of aromatic amines is 1. The summed E-state index contributed by atoms with van der Waals surface area (Å²) in [6.45, 7) is -0.719. The van der Waals surface area contributed by atoms with Gasteiger partial charge in [-0.25, -0.2) is 0 Å². The van der Waals surface area contributed by atoms with Crippen molar-refractivity contribution in [3.8, 4) is 11.5 Å². The second-order valence-corrected chi connectivity index (χ2v) is 6.04. The van der Waals surface area contributed by atoms with Crippen LogP contribution in [0.2, 0.25) is 0 Å². The predicted molar refractivity (Wildman–Crippen MR) is 98.7 cm³/mol. The highest BCUT2D eigenvalue weighted by Crippen LogP contribution is 2.29. The Labute approximate surface area is 155 Å². The number of amides is 1. The highest BCUT2D eigenvalue weighted by atomic mass is 19.3. The minimum atomic E-state index is -2.93. The number of rotatable bonds is 7. The number of hydrogen-bond acceptors (Lipinski definition) is 3. The third-order valence-electron chi connectivity index (χ3n) is 4.26. The Morgan fingerprint density at radius 1 is 1.19 bits per heavy atom. The Kier molecular flexibility index (Phi) is 5.59. The Hall–Kier alpha value is -3.09. The first kappa shape index (κ1) is 18.7. The summed E-state index contributed by atoms with van der Waals surface area (Å²) in [6.07, 6.45) is 0.469. The molecule has 5 nitrogen and oxygen atoms in total. The fourth-order valence-corrected chi connectivity index (χ4v) is 3.04. The number of H-pyrrole nitrogens is 1. The molecule has 0 atom stereocenters. The van der Waals surface area contributed by atoms with Crippen LogP contribution in [0.25, 0.3) is 10.9 Å². The quantitative estimate of drug-likeness (QED) is 0.656. The van der Waals surface area contributed by atoms with E-state index in [-0.39, 0.29) is 17.4 Å². The van der Waals surface area contributed by atoms with Crippen molar-refractivity contribution >= 4 is 16.8 Å². The van der Waals surface area contributed by atoms with Gasteiger partial charge in [0.2, 0.25) is 0 Å². The molecule has 0 aliphatic heterocycles. The van der Waals surface area contributed by atoms with Gasteiger partial charge < -0.3 is 19.8 Å². The lowest BCUT2D eigenvalue weighted by Gasteiger charge is -2.12. The second kappa shape index (κ2) is 8.07. The number of para-hydroxylation sites is 1. The zero-order valence-corrected chi connectivity index (χ0v) is 15.0. The van der Waals surface area contributed by atoms with Gasteiger partial charge in [0.15, 0.2) is 11.5 Å². The van der Waals surface area contributed by atoms with Gasteiger partial charge in [-0.1, -0.05) is 24.3 Å². The molecule has 0 aliphatic carbocycles. The van der Waals surface area contributed by atoms with Crippen molar-refractivity contribution in [2.24, 2.45) is 0 Å². The maximum atomic E-state index is 12.6. The first-order valence-corrected chi connectivity index (χ1v) is 8.47. The molecule has 0 unspecified atom stereocenters. The zero-order chi connectivity index (χ0) is 19.4. The largest absolute Gasteiger partial charge is 0.493 e. The molecule has 1 amide bonds. The molecular weight excluding hydrogens is 354 g/mol. The van der Waals surface area contributed by atoms with Crippen LogP contribution in [0.15, 0.2) is 42.5 Å². The summed E-state index contributed by atoms with van der Waals surface area (Å²) in [7, 11) is 1.39. The summed E-state index contributed by atoms with van der Waals surface area (Å²) in [5.74, 6) is 0.0313. The van der Waals surface area contributed by atoms with E-state index in [1.807, 2.05) is 31.2 Å². The van der Waals surface area contributed by atoms with Crippen molar-refractivity contribution in [2.75, 3.05) is 13.7 Å². The monoisotopic (exact) mass is 374 g/mol. The molecule has 142 valence electrons. The lowest BCUT2D eigenvalue weighted by atomic mass is 10.1. The summed E-state index contributed by atoms with van der Waals surface area (Å²) in [6, 6.07) is 12.4. The van der Waals surface area contributed by atoms with Crippen molar-refractivity contribution < 1.29 is 23.0 Å². The van der Waals surface area contributed by atoms with Crippen LogP contribution in [0.4, 0.5) is 8.78 Å². The maximum Gasteiger partial charge on any atom is 0.387 e. The molecule has 0 aliphatic rings. The Morgan fingerprint density at radius 2 is 1.96 bits per heavy atom. The molecule has 2 aromatic carbocycles. The summed E-state index contributed by atoms with van der Waals surface area (Å²) in [5.41, 5.74) is 3.07. The topological polar surface area (TPSA) is 63.3 Å². The average molecular weight is 374 g/mol. The first-order chi connectivity index (χ1) is 13.0. The van der Waals surface area contributed by atoms with Crippen LogP contribution < -0.4 is 14.8 Å². The number of halogens is 2. The van der Waals surface area contributed by atoms with Crippen molar-refractivity contribution in [2.45, 2.75) is 20.0 Å². The number of fused-ring (bicyclic) bond motifs is 1. The molecular formula is C20H20F2N2O3. The standard InChI is InChI=1S/C20H20F2N2O3/c1-12-18(14-5-3-4-6-15(14)24-12)19(25)23-10-9-13-7-8-16(26-2)17(11-13)27-20(21)22/h3-8,11,20,24H,9-10H2,1-2H3,(H,23,25). The third-order valence-corrected chi connectivity index (χ3v) is 4.26. The van der Waals surface area contributed by atoms with Crippen LogP contribution in [0.3, 0.4) is 0 Å². The van der Waals surface area contributed by atoms with Crippen LogP contribution in [0.5, 0.6) is 11.5 Å². The summed E-state index contributed by atoms with van der Waals surface area (Å²) < 4.78 is 34.5. The van der Waals surface area contributed by atoms with E-state index < -0.39 is 6.61 Å². The minimum absolute atomic E-state index is 0.0243. The fourth-order valence-electron chi connectivity index (χ4n) is 3.04. The first-order valence-electron chi connectivity index (χ1n) is 8.47. The second-order valence-electron chi connectivity index (χ2n) is 6.04. The molecule has 3 rings (SSSR count). The fraction of sp³-hybridized carbons (Fsp3) is 0.250. The number of hydrogen-bond donors (Lipinski definition) is 2. The third kappa shape index (κ3) is 4.19. The number of nitrogens with one attached hydrogen (secondary N) is 2.